The predicted molar refractivity (Wildman–Crippen MR) is 61.8 cm³/mol. The minimum Gasteiger partial charge on any atom is -0.352 e. The molecule has 1 rings (SSSR count). The standard InChI is InChI=1S/C11H21N3O2/c1-7(2)14-10(15)6-13-11(16)9-5-12-4-8(9)3/h7-9,12H,4-6H2,1-3H3,(H,13,16)(H,14,15)/t8-,9-/m1/s1. The Balaban J connectivity index is 2.27. The van der Waals surface area contributed by atoms with Crippen LogP contribution in [0, 0.1) is 11.8 Å². The first-order valence-corrected chi connectivity index (χ1v) is 5.78. The highest BCUT2D eigenvalue weighted by atomic mass is 16.2. The molecule has 0 unspecified atom stereocenters. The number of hydrogen-bond donors (Lipinski definition) is 3. The molecule has 0 bridgehead atoms. The van der Waals surface area contributed by atoms with Crippen molar-refractivity contribution >= 4 is 11.8 Å². The summed E-state index contributed by atoms with van der Waals surface area (Å²) in [6, 6.07) is 0.108. The number of carbonyl (C=O) groups excluding carboxylic acids is 2. The second-order valence-electron chi connectivity index (χ2n) is 4.68. The highest BCUT2D eigenvalue weighted by Crippen LogP contribution is 2.15. The molecule has 2 atom stereocenters. The van der Waals surface area contributed by atoms with E-state index in [1.807, 2.05) is 20.8 Å². The van der Waals surface area contributed by atoms with Gasteiger partial charge in [-0.1, -0.05) is 6.92 Å². The van der Waals surface area contributed by atoms with Crippen molar-refractivity contribution in [2.45, 2.75) is 26.8 Å². The Morgan fingerprint density at radius 1 is 1.38 bits per heavy atom. The van der Waals surface area contributed by atoms with Gasteiger partial charge in [-0.05, 0) is 26.3 Å². The molecule has 1 aliphatic rings. The summed E-state index contributed by atoms with van der Waals surface area (Å²) in [5.41, 5.74) is 0. The maximum atomic E-state index is 11.7. The summed E-state index contributed by atoms with van der Waals surface area (Å²) >= 11 is 0. The van der Waals surface area contributed by atoms with Gasteiger partial charge in [0.05, 0.1) is 12.5 Å². The molecule has 5 nitrogen and oxygen atoms in total. The zero-order valence-corrected chi connectivity index (χ0v) is 10.2. The van der Waals surface area contributed by atoms with Crippen LogP contribution in [0.1, 0.15) is 20.8 Å². The molecule has 1 aliphatic heterocycles. The largest absolute Gasteiger partial charge is 0.352 e. The molecular formula is C11H21N3O2. The van der Waals surface area contributed by atoms with E-state index in [0.29, 0.717) is 12.5 Å². The van der Waals surface area contributed by atoms with Gasteiger partial charge in [0.25, 0.3) is 0 Å². The van der Waals surface area contributed by atoms with E-state index < -0.39 is 0 Å². The Bertz CT molecular complexity index is 266. The van der Waals surface area contributed by atoms with E-state index >= 15 is 0 Å². The number of carbonyl (C=O) groups is 2. The average molecular weight is 227 g/mol. The van der Waals surface area contributed by atoms with E-state index in [0.717, 1.165) is 6.54 Å². The van der Waals surface area contributed by atoms with Crippen molar-refractivity contribution in [2.75, 3.05) is 19.6 Å². The molecule has 16 heavy (non-hydrogen) atoms. The Labute approximate surface area is 96.4 Å². The van der Waals surface area contributed by atoms with E-state index in [1.165, 1.54) is 0 Å². The van der Waals surface area contributed by atoms with Crippen LogP contribution in [0.2, 0.25) is 0 Å². The molecule has 1 fully saturated rings. The molecule has 0 aliphatic carbocycles. The Kier molecular flexibility index (Phi) is 4.73. The molecule has 1 heterocycles. The van der Waals surface area contributed by atoms with E-state index in [-0.39, 0.29) is 30.3 Å². The maximum absolute atomic E-state index is 11.7. The summed E-state index contributed by atoms with van der Waals surface area (Å²) < 4.78 is 0. The molecule has 5 heteroatoms. The van der Waals surface area contributed by atoms with Gasteiger partial charge >= 0.3 is 0 Å². The minimum absolute atomic E-state index is 0.00755. The molecule has 0 radical (unpaired) electrons. The van der Waals surface area contributed by atoms with Gasteiger partial charge in [-0.2, -0.15) is 0 Å². The summed E-state index contributed by atoms with van der Waals surface area (Å²) in [6.07, 6.45) is 0. The van der Waals surface area contributed by atoms with Gasteiger partial charge in [0, 0.05) is 12.6 Å². The van der Waals surface area contributed by atoms with Gasteiger partial charge in [-0.15, -0.1) is 0 Å². The molecule has 3 N–H and O–H groups in total. The van der Waals surface area contributed by atoms with Gasteiger partial charge in [0.1, 0.15) is 0 Å². The van der Waals surface area contributed by atoms with Crippen LogP contribution in [0.3, 0.4) is 0 Å². The van der Waals surface area contributed by atoms with E-state index in [4.69, 9.17) is 0 Å². The lowest BCUT2D eigenvalue weighted by Crippen LogP contribution is -2.42. The molecule has 0 aromatic heterocycles. The number of amides is 2. The lowest BCUT2D eigenvalue weighted by Gasteiger charge is -2.14. The van der Waals surface area contributed by atoms with Crippen LogP contribution in [0.15, 0.2) is 0 Å². The van der Waals surface area contributed by atoms with E-state index in [1.54, 1.807) is 0 Å². The first-order chi connectivity index (χ1) is 7.50. The third-order valence-electron chi connectivity index (χ3n) is 2.73. The van der Waals surface area contributed by atoms with Crippen molar-refractivity contribution in [1.29, 1.82) is 0 Å². The molecule has 1 saturated heterocycles. The van der Waals surface area contributed by atoms with Crippen LogP contribution < -0.4 is 16.0 Å². The van der Waals surface area contributed by atoms with Crippen LogP contribution >= 0.6 is 0 Å². The first kappa shape index (κ1) is 13.0. The summed E-state index contributed by atoms with van der Waals surface area (Å²) in [7, 11) is 0. The first-order valence-electron chi connectivity index (χ1n) is 5.78. The Morgan fingerprint density at radius 2 is 2.06 bits per heavy atom. The molecule has 0 spiro atoms. The predicted octanol–water partition coefficient (Wildman–Crippen LogP) is -0.517. The third kappa shape index (κ3) is 3.81. The van der Waals surface area contributed by atoms with Gasteiger partial charge in [0.15, 0.2) is 0 Å². The average Bonchev–Trinajstić information content (AvgIpc) is 2.60. The fraction of sp³-hybridized carbons (Fsp3) is 0.818. The highest BCUT2D eigenvalue weighted by molar-refractivity contribution is 5.86. The topological polar surface area (TPSA) is 70.2 Å². The van der Waals surface area contributed by atoms with Crippen molar-refractivity contribution in [1.82, 2.24) is 16.0 Å². The van der Waals surface area contributed by atoms with Crippen molar-refractivity contribution in [3.05, 3.63) is 0 Å². The van der Waals surface area contributed by atoms with Crippen LogP contribution in [0.25, 0.3) is 0 Å². The summed E-state index contributed by atoms with van der Waals surface area (Å²) in [5, 5.41) is 8.56. The zero-order chi connectivity index (χ0) is 12.1. The monoisotopic (exact) mass is 227 g/mol. The minimum atomic E-state index is -0.137. The second-order valence-corrected chi connectivity index (χ2v) is 4.68. The van der Waals surface area contributed by atoms with Crippen LogP contribution in [0.4, 0.5) is 0 Å². The smallest absolute Gasteiger partial charge is 0.239 e. The number of nitrogens with one attached hydrogen (secondary N) is 3. The number of hydrogen-bond acceptors (Lipinski definition) is 3. The van der Waals surface area contributed by atoms with Crippen LogP contribution in [-0.2, 0) is 9.59 Å². The summed E-state index contributed by atoms with van der Waals surface area (Å²) in [5.74, 6) is 0.165. The fourth-order valence-corrected chi connectivity index (χ4v) is 1.83. The molecule has 2 amide bonds. The van der Waals surface area contributed by atoms with Crippen molar-refractivity contribution in [3.63, 3.8) is 0 Å². The molecule has 92 valence electrons. The van der Waals surface area contributed by atoms with Gasteiger partial charge in [-0.25, -0.2) is 0 Å². The van der Waals surface area contributed by atoms with Crippen LogP contribution in [0.5, 0.6) is 0 Å². The zero-order valence-electron chi connectivity index (χ0n) is 10.2. The number of rotatable bonds is 4. The fourth-order valence-electron chi connectivity index (χ4n) is 1.83. The summed E-state index contributed by atoms with van der Waals surface area (Å²) in [4.78, 5) is 23.0. The molecular weight excluding hydrogens is 206 g/mol. The Hall–Kier alpha value is -1.10. The molecule has 0 aromatic carbocycles. The SMILES string of the molecule is CC(C)NC(=O)CNC(=O)[C@@H]1CNC[C@H]1C. The molecule has 0 saturated carbocycles. The van der Waals surface area contributed by atoms with Crippen molar-refractivity contribution in [3.8, 4) is 0 Å². The lowest BCUT2D eigenvalue weighted by molar-refractivity contribution is -0.129. The van der Waals surface area contributed by atoms with Gasteiger partial charge in [0.2, 0.25) is 11.8 Å². The maximum Gasteiger partial charge on any atom is 0.239 e. The van der Waals surface area contributed by atoms with Gasteiger partial charge < -0.3 is 16.0 Å². The van der Waals surface area contributed by atoms with Crippen LogP contribution in [-0.4, -0.2) is 37.5 Å². The van der Waals surface area contributed by atoms with Gasteiger partial charge in [-0.3, -0.25) is 9.59 Å². The third-order valence-corrected chi connectivity index (χ3v) is 2.73. The van der Waals surface area contributed by atoms with Crippen molar-refractivity contribution < 1.29 is 9.59 Å². The van der Waals surface area contributed by atoms with E-state index in [2.05, 4.69) is 16.0 Å². The quantitative estimate of drug-likeness (QED) is 0.605. The van der Waals surface area contributed by atoms with Crippen molar-refractivity contribution in [2.24, 2.45) is 11.8 Å². The second kappa shape index (κ2) is 5.84. The lowest BCUT2D eigenvalue weighted by atomic mass is 9.97. The Morgan fingerprint density at radius 3 is 2.56 bits per heavy atom. The highest BCUT2D eigenvalue weighted by Gasteiger charge is 2.29. The normalized spacial score (nSPS) is 24.5. The summed E-state index contributed by atoms with van der Waals surface area (Å²) in [6.45, 7) is 7.47. The molecule has 0 aromatic rings. The van der Waals surface area contributed by atoms with E-state index in [9.17, 15) is 9.59 Å².